The highest BCUT2D eigenvalue weighted by Crippen LogP contribution is 2.32. The van der Waals surface area contributed by atoms with Crippen LogP contribution in [0.15, 0.2) is 23.1 Å². The van der Waals surface area contributed by atoms with Crippen LogP contribution in [0.5, 0.6) is 0 Å². The minimum atomic E-state index is -3.71. The van der Waals surface area contributed by atoms with E-state index in [-0.39, 0.29) is 16.3 Å². The van der Waals surface area contributed by atoms with Crippen LogP contribution in [0.3, 0.4) is 0 Å². The van der Waals surface area contributed by atoms with Crippen LogP contribution in [0.2, 0.25) is 0 Å². The van der Waals surface area contributed by atoms with Gasteiger partial charge in [-0.25, -0.2) is 8.42 Å². The molecule has 0 amide bonds. The molecule has 110 valence electrons. The maximum atomic E-state index is 12.5. The number of anilines is 1. The number of hydrogen-bond acceptors (Lipinski definition) is 5. The number of benzene rings is 1. The van der Waals surface area contributed by atoms with E-state index in [1.807, 2.05) is 0 Å². The van der Waals surface area contributed by atoms with Crippen LogP contribution in [0.25, 0.3) is 0 Å². The molecule has 7 nitrogen and oxygen atoms in total. The van der Waals surface area contributed by atoms with Gasteiger partial charge in [-0.2, -0.15) is 4.31 Å². The van der Waals surface area contributed by atoms with Crippen molar-refractivity contribution in [2.75, 3.05) is 18.8 Å². The lowest BCUT2D eigenvalue weighted by Gasteiger charge is -2.20. The van der Waals surface area contributed by atoms with E-state index in [0.717, 1.165) is 18.9 Å². The van der Waals surface area contributed by atoms with Crippen LogP contribution >= 0.6 is 0 Å². The first kappa shape index (κ1) is 14.7. The van der Waals surface area contributed by atoms with Crippen molar-refractivity contribution in [1.29, 1.82) is 0 Å². The van der Waals surface area contributed by atoms with Crippen LogP contribution in [0, 0.1) is 16.0 Å². The molecule has 0 aliphatic heterocycles. The molecule has 0 saturated heterocycles. The highest BCUT2D eigenvalue weighted by molar-refractivity contribution is 7.89. The van der Waals surface area contributed by atoms with E-state index in [1.54, 1.807) is 6.92 Å². The van der Waals surface area contributed by atoms with Crippen LogP contribution in [-0.4, -0.2) is 30.7 Å². The van der Waals surface area contributed by atoms with Gasteiger partial charge in [0.25, 0.3) is 5.69 Å². The number of hydrogen-bond donors (Lipinski definition) is 1. The maximum Gasteiger partial charge on any atom is 0.293 e. The van der Waals surface area contributed by atoms with Crippen LogP contribution in [-0.2, 0) is 10.0 Å². The normalized spacial score (nSPS) is 15.5. The van der Waals surface area contributed by atoms with Crippen molar-refractivity contribution in [3.63, 3.8) is 0 Å². The Balaban J connectivity index is 2.37. The van der Waals surface area contributed by atoms with Crippen molar-refractivity contribution >= 4 is 21.4 Å². The molecule has 1 aliphatic rings. The quantitative estimate of drug-likeness (QED) is 0.488. The molecule has 1 fully saturated rings. The Morgan fingerprint density at radius 2 is 2.10 bits per heavy atom. The highest BCUT2D eigenvalue weighted by atomic mass is 32.2. The summed E-state index contributed by atoms with van der Waals surface area (Å²) in [6.07, 6.45) is 2.07. The molecule has 0 heterocycles. The fourth-order valence-electron chi connectivity index (χ4n) is 1.98. The number of nitrogens with two attached hydrogens (primary N) is 1. The Kier molecular flexibility index (Phi) is 3.96. The van der Waals surface area contributed by atoms with Gasteiger partial charge in [0.1, 0.15) is 5.69 Å². The Labute approximate surface area is 117 Å². The molecule has 0 spiro atoms. The maximum absolute atomic E-state index is 12.5. The predicted molar refractivity (Wildman–Crippen MR) is 74.7 cm³/mol. The number of nitro groups is 1. The number of nitrogen functional groups attached to an aromatic ring is 1. The second-order valence-corrected chi connectivity index (χ2v) is 6.81. The molecule has 2 N–H and O–H groups in total. The minimum Gasteiger partial charge on any atom is -0.393 e. The first-order chi connectivity index (χ1) is 9.36. The van der Waals surface area contributed by atoms with E-state index >= 15 is 0 Å². The zero-order valence-electron chi connectivity index (χ0n) is 11.2. The summed E-state index contributed by atoms with van der Waals surface area (Å²) in [7, 11) is -3.71. The van der Waals surface area contributed by atoms with Gasteiger partial charge < -0.3 is 5.73 Å². The van der Waals surface area contributed by atoms with Gasteiger partial charge in [0, 0.05) is 19.2 Å². The van der Waals surface area contributed by atoms with Crippen molar-refractivity contribution in [1.82, 2.24) is 4.31 Å². The van der Waals surface area contributed by atoms with Gasteiger partial charge in [-0.15, -0.1) is 0 Å². The molecule has 2 rings (SSSR count). The molecule has 0 bridgehead atoms. The van der Waals surface area contributed by atoms with E-state index in [1.165, 1.54) is 16.4 Å². The highest BCUT2D eigenvalue weighted by Gasteiger charge is 2.31. The number of sulfonamides is 1. The first-order valence-electron chi connectivity index (χ1n) is 6.40. The van der Waals surface area contributed by atoms with Gasteiger partial charge in [-0.05, 0) is 30.9 Å². The summed E-state index contributed by atoms with van der Waals surface area (Å²) in [6, 6.07) is 3.60. The Hall–Kier alpha value is -1.67. The van der Waals surface area contributed by atoms with E-state index in [0.29, 0.717) is 19.0 Å². The second-order valence-electron chi connectivity index (χ2n) is 4.88. The minimum absolute atomic E-state index is 0.0424. The summed E-state index contributed by atoms with van der Waals surface area (Å²) in [4.78, 5) is 10.1. The van der Waals surface area contributed by atoms with Gasteiger partial charge in [-0.3, -0.25) is 10.1 Å². The zero-order valence-corrected chi connectivity index (χ0v) is 12.0. The third kappa shape index (κ3) is 2.91. The molecule has 1 aromatic rings. The molecule has 20 heavy (non-hydrogen) atoms. The standard InChI is InChI=1S/C12H17N3O4S/c1-2-14(8-9-3-4-9)20(18,19)10-5-6-11(13)12(7-10)15(16)17/h5-7,9H,2-4,8,13H2,1H3. The van der Waals surface area contributed by atoms with E-state index in [2.05, 4.69) is 0 Å². The predicted octanol–water partition coefficient (Wildman–Crippen LogP) is 1.60. The Bertz CT molecular complexity index is 626. The Morgan fingerprint density at radius 3 is 2.60 bits per heavy atom. The van der Waals surface area contributed by atoms with Crippen LogP contribution in [0.1, 0.15) is 19.8 Å². The van der Waals surface area contributed by atoms with Gasteiger partial charge >= 0.3 is 0 Å². The molecule has 0 atom stereocenters. The van der Waals surface area contributed by atoms with Crippen LogP contribution < -0.4 is 5.73 Å². The summed E-state index contributed by atoms with van der Waals surface area (Å²) in [5.41, 5.74) is 5.06. The first-order valence-corrected chi connectivity index (χ1v) is 7.84. The molecular weight excluding hydrogens is 282 g/mol. The zero-order chi connectivity index (χ0) is 14.9. The van der Waals surface area contributed by atoms with Crippen molar-refractivity contribution in [3.05, 3.63) is 28.3 Å². The van der Waals surface area contributed by atoms with Crippen molar-refractivity contribution in [2.24, 2.45) is 5.92 Å². The Morgan fingerprint density at radius 1 is 1.45 bits per heavy atom. The number of rotatable bonds is 6. The fourth-order valence-corrected chi connectivity index (χ4v) is 3.52. The van der Waals surface area contributed by atoms with Gasteiger partial charge in [0.15, 0.2) is 0 Å². The van der Waals surface area contributed by atoms with E-state index in [4.69, 9.17) is 5.73 Å². The molecule has 1 saturated carbocycles. The summed E-state index contributed by atoms with van der Waals surface area (Å²) >= 11 is 0. The van der Waals surface area contributed by atoms with E-state index in [9.17, 15) is 18.5 Å². The molecule has 0 aromatic heterocycles. The van der Waals surface area contributed by atoms with Gasteiger partial charge in [0.2, 0.25) is 10.0 Å². The largest absolute Gasteiger partial charge is 0.393 e. The second kappa shape index (κ2) is 5.37. The van der Waals surface area contributed by atoms with Gasteiger partial charge in [-0.1, -0.05) is 6.92 Å². The van der Waals surface area contributed by atoms with Crippen molar-refractivity contribution in [2.45, 2.75) is 24.7 Å². The summed E-state index contributed by atoms with van der Waals surface area (Å²) in [6.45, 7) is 2.57. The van der Waals surface area contributed by atoms with E-state index < -0.39 is 14.9 Å². The fraction of sp³-hybridized carbons (Fsp3) is 0.500. The summed E-state index contributed by atoms with van der Waals surface area (Å²) in [5, 5.41) is 10.8. The molecule has 0 radical (unpaired) electrons. The number of nitrogens with zero attached hydrogens (tertiary/aromatic N) is 2. The van der Waals surface area contributed by atoms with Crippen molar-refractivity contribution in [3.8, 4) is 0 Å². The van der Waals surface area contributed by atoms with Crippen molar-refractivity contribution < 1.29 is 13.3 Å². The molecule has 1 aliphatic carbocycles. The monoisotopic (exact) mass is 299 g/mol. The number of nitro benzene ring substituents is 1. The molecule has 0 unspecified atom stereocenters. The third-order valence-electron chi connectivity index (χ3n) is 3.35. The lowest BCUT2D eigenvalue weighted by atomic mass is 10.3. The lowest BCUT2D eigenvalue weighted by Crippen LogP contribution is -2.32. The average Bonchev–Trinajstić information content (AvgIpc) is 3.19. The topological polar surface area (TPSA) is 107 Å². The third-order valence-corrected chi connectivity index (χ3v) is 5.28. The lowest BCUT2D eigenvalue weighted by molar-refractivity contribution is -0.384. The molecule has 1 aromatic carbocycles. The van der Waals surface area contributed by atoms with Crippen LogP contribution in [0.4, 0.5) is 11.4 Å². The molecule has 8 heteroatoms. The summed E-state index contributed by atoms with van der Waals surface area (Å²) < 4.78 is 26.3. The average molecular weight is 299 g/mol. The smallest absolute Gasteiger partial charge is 0.293 e. The van der Waals surface area contributed by atoms with Gasteiger partial charge in [0.05, 0.1) is 9.82 Å². The SMILES string of the molecule is CCN(CC1CC1)S(=O)(=O)c1ccc(N)c([N+](=O)[O-])c1. The summed E-state index contributed by atoms with van der Waals surface area (Å²) in [5.74, 6) is 0.411. The molecular formula is C12H17N3O4S.